The topological polar surface area (TPSA) is 121 Å². The highest BCUT2D eigenvalue weighted by Crippen LogP contribution is 2.27. The summed E-state index contributed by atoms with van der Waals surface area (Å²) in [5, 5.41) is 15.7. The molecule has 5 rings (SSSR count). The van der Waals surface area contributed by atoms with Gasteiger partial charge in [0, 0.05) is 10.9 Å². The Bertz CT molecular complexity index is 1430. The number of nitrogens with zero attached hydrogens (tertiary/aromatic N) is 7. The molecule has 9 nitrogen and oxygen atoms in total. The van der Waals surface area contributed by atoms with Crippen molar-refractivity contribution in [2.24, 2.45) is 0 Å². The lowest BCUT2D eigenvalue weighted by molar-refractivity contribution is 0.116. The van der Waals surface area contributed by atoms with E-state index in [4.69, 9.17) is 10.2 Å². The van der Waals surface area contributed by atoms with Gasteiger partial charge in [0.25, 0.3) is 11.8 Å². The summed E-state index contributed by atoms with van der Waals surface area (Å²) in [5.74, 6) is -1.46. The van der Waals surface area contributed by atoms with Crippen molar-refractivity contribution in [3.05, 3.63) is 66.2 Å². The average Bonchev–Trinajstić information content (AvgIpc) is 3.44. The number of rotatable bonds is 5. The summed E-state index contributed by atoms with van der Waals surface area (Å²) in [5.41, 5.74) is 8.43. The molecule has 0 spiro atoms. The molecule has 12 heteroatoms. The molecule has 0 atom stereocenters. The SMILES string of the molecule is Nc1ncnc2cc(-c3cn(Cc4ccc(-c5nnc(C(F)F)o5)c(F)c4)nn3)ccc12. The fourth-order valence-electron chi connectivity index (χ4n) is 3.19. The molecule has 3 heterocycles. The number of alkyl halides is 2. The molecule has 0 amide bonds. The van der Waals surface area contributed by atoms with Gasteiger partial charge in [-0.15, -0.1) is 15.3 Å². The minimum absolute atomic E-state index is 0.0649. The lowest BCUT2D eigenvalue weighted by Crippen LogP contribution is -2.01. The van der Waals surface area contributed by atoms with Crippen molar-refractivity contribution in [2.75, 3.05) is 5.73 Å². The van der Waals surface area contributed by atoms with Gasteiger partial charge in [0.15, 0.2) is 0 Å². The van der Waals surface area contributed by atoms with Crippen LogP contribution in [0.2, 0.25) is 0 Å². The molecule has 2 aromatic carbocycles. The molecule has 0 saturated heterocycles. The number of nitrogens with two attached hydrogens (primary N) is 1. The number of halogens is 3. The van der Waals surface area contributed by atoms with Crippen molar-refractivity contribution >= 4 is 16.7 Å². The molecule has 2 N–H and O–H groups in total. The van der Waals surface area contributed by atoms with Crippen LogP contribution in [0.5, 0.6) is 0 Å². The summed E-state index contributed by atoms with van der Waals surface area (Å²) in [7, 11) is 0. The zero-order valence-electron chi connectivity index (χ0n) is 16.2. The van der Waals surface area contributed by atoms with Crippen LogP contribution in [0.4, 0.5) is 19.0 Å². The Morgan fingerprint density at radius 2 is 1.91 bits per heavy atom. The van der Waals surface area contributed by atoms with E-state index >= 15 is 0 Å². The van der Waals surface area contributed by atoms with Crippen molar-refractivity contribution in [1.82, 2.24) is 35.2 Å². The second kappa shape index (κ2) is 7.72. The highest BCUT2D eigenvalue weighted by Gasteiger charge is 2.19. The van der Waals surface area contributed by atoms with Gasteiger partial charge in [0.2, 0.25) is 0 Å². The van der Waals surface area contributed by atoms with Crippen molar-refractivity contribution in [2.45, 2.75) is 13.0 Å². The Morgan fingerprint density at radius 3 is 2.69 bits per heavy atom. The van der Waals surface area contributed by atoms with E-state index in [-0.39, 0.29) is 18.0 Å². The van der Waals surface area contributed by atoms with Gasteiger partial charge in [-0.1, -0.05) is 17.3 Å². The minimum Gasteiger partial charge on any atom is -0.415 e. The van der Waals surface area contributed by atoms with E-state index < -0.39 is 18.1 Å². The van der Waals surface area contributed by atoms with Gasteiger partial charge in [0.1, 0.15) is 23.7 Å². The molecule has 0 fully saturated rings. The van der Waals surface area contributed by atoms with Gasteiger partial charge in [-0.05, 0) is 29.8 Å². The quantitative estimate of drug-likeness (QED) is 0.441. The first-order chi connectivity index (χ1) is 15.5. The first-order valence-electron chi connectivity index (χ1n) is 9.29. The third-order valence-electron chi connectivity index (χ3n) is 4.74. The van der Waals surface area contributed by atoms with E-state index in [1.165, 1.54) is 18.5 Å². The highest BCUT2D eigenvalue weighted by molar-refractivity contribution is 5.90. The van der Waals surface area contributed by atoms with Gasteiger partial charge >= 0.3 is 6.43 Å². The van der Waals surface area contributed by atoms with Gasteiger partial charge < -0.3 is 10.2 Å². The Balaban J connectivity index is 1.37. The molecule has 160 valence electrons. The van der Waals surface area contributed by atoms with Crippen molar-refractivity contribution in [3.63, 3.8) is 0 Å². The highest BCUT2D eigenvalue weighted by atomic mass is 19.3. The molecule has 0 unspecified atom stereocenters. The van der Waals surface area contributed by atoms with Crippen molar-refractivity contribution in [1.29, 1.82) is 0 Å². The number of fused-ring (bicyclic) bond motifs is 1. The minimum atomic E-state index is -2.92. The number of hydrogen-bond acceptors (Lipinski definition) is 8. The summed E-state index contributed by atoms with van der Waals surface area (Å²) >= 11 is 0. The van der Waals surface area contributed by atoms with Gasteiger partial charge in [-0.3, -0.25) is 0 Å². The molecule has 5 aromatic rings. The van der Waals surface area contributed by atoms with Crippen molar-refractivity contribution in [3.8, 4) is 22.7 Å². The predicted molar refractivity (Wildman–Crippen MR) is 107 cm³/mol. The number of hydrogen-bond donors (Lipinski definition) is 1. The lowest BCUT2D eigenvalue weighted by Gasteiger charge is -2.04. The zero-order valence-corrected chi connectivity index (χ0v) is 16.2. The number of aromatic nitrogens is 7. The molecule has 0 bridgehead atoms. The third-order valence-corrected chi connectivity index (χ3v) is 4.74. The monoisotopic (exact) mass is 438 g/mol. The molecule has 0 radical (unpaired) electrons. The first kappa shape index (κ1) is 19.6. The second-order valence-electron chi connectivity index (χ2n) is 6.85. The molecular formula is C20H13F3N8O. The second-order valence-corrected chi connectivity index (χ2v) is 6.85. The standard InChI is InChI=1S/C20H13F3N8O/c21-14-5-10(1-3-12(14)19-28-29-20(32-19)17(22)23)7-31-8-16(27-30-31)11-2-4-13-15(6-11)25-9-26-18(13)24/h1-6,8-9,17H,7H2,(H2,24,25,26). The maximum Gasteiger partial charge on any atom is 0.314 e. The van der Waals surface area contributed by atoms with Gasteiger partial charge in [0.05, 0.1) is 23.8 Å². The van der Waals surface area contributed by atoms with E-state index in [1.54, 1.807) is 16.9 Å². The van der Waals surface area contributed by atoms with E-state index in [1.807, 2.05) is 18.2 Å². The summed E-state index contributed by atoms with van der Waals surface area (Å²) in [6, 6.07) is 9.72. The number of benzene rings is 2. The maximum absolute atomic E-state index is 14.5. The smallest absolute Gasteiger partial charge is 0.314 e. The van der Waals surface area contributed by atoms with Crippen LogP contribution >= 0.6 is 0 Å². The van der Waals surface area contributed by atoms with E-state index in [9.17, 15) is 13.2 Å². The van der Waals surface area contributed by atoms with Gasteiger partial charge in [-0.2, -0.15) is 8.78 Å². The average molecular weight is 438 g/mol. The fourth-order valence-corrected chi connectivity index (χ4v) is 3.19. The number of nitrogen functional groups attached to an aromatic ring is 1. The summed E-state index contributed by atoms with van der Waals surface area (Å²) < 4.78 is 46.1. The van der Waals surface area contributed by atoms with Crippen molar-refractivity contribution < 1.29 is 17.6 Å². The molecule has 0 aliphatic rings. The molecule has 3 aromatic heterocycles. The Labute approximate surface area is 177 Å². The van der Waals surface area contributed by atoms with Crippen LogP contribution < -0.4 is 5.73 Å². The zero-order chi connectivity index (χ0) is 22.2. The van der Waals surface area contributed by atoms with Gasteiger partial charge in [-0.25, -0.2) is 19.0 Å². The third kappa shape index (κ3) is 3.62. The Morgan fingerprint density at radius 1 is 1.03 bits per heavy atom. The first-order valence-corrected chi connectivity index (χ1v) is 9.29. The number of anilines is 1. The van der Waals surface area contributed by atoms with Crippen LogP contribution in [0.1, 0.15) is 17.9 Å². The lowest BCUT2D eigenvalue weighted by atomic mass is 10.1. The predicted octanol–water partition coefficient (Wildman–Crippen LogP) is 3.65. The van der Waals surface area contributed by atoms with Crippen LogP contribution in [0.15, 0.2) is 53.3 Å². The van der Waals surface area contributed by atoms with Crippen LogP contribution in [0.3, 0.4) is 0 Å². The largest absolute Gasteiger partial charge is 0.415 e. The Hall–Kier alpha value is -4.35. The molecular weight excluding hydrogens is 425 g/mol. The van der Waals surface area contributed by atoms with Crippen LogP contribution in [-0.4, -0.2) is 35.2 Å². The van der Waals surface area contributed by atoms with Crippen LogP contribution in [-0.2, 0) is 6.54 Å². The summed E-state index contributed by atoms with van der Waals surface area (Å²) in [6.45, 7) is 0.235. The van der Waals surface area contributed by atoms with Crippen LogP contribution in [0.25, 0.3) is 33.6 Å². The molecule has 0 aliphatic heterocycles. The molecule has 32 heavy (non-hydrogen) atoms. The van der Waals surface area contributed by atoms with E-state index in [0.29, 0.717) is 22.6 Å². The fraction of sp³-hybridized carbons (Fsp3) is 0.100. The molecule has 0 saturated carbocycles. The Kier molecular flexibility index (Phi) is 4.73. The molecule has 0 aliphatic carbocycles. The maximum atomic E-state index is 14.5. The van der Waals surface area contributed by atoms with E-state index in [2.05, 4.69) is 30.5 Å². The van der Waals surface area contributed by atoms with E-state index in [0.717, 1.165) is 10.9 Å². The summed E-state index contributed by atoms with van der Waals surface area (Å²) in [6.07, 6.45) is 0.177. The summed E-state index contributed by atoms with van der Waals surface area (Å²) in [4.78, 5) is 8.17. The normalized spacial score (nSPS) is 11.5. The van der Waals surface area contributed by atoms with Crippen LogP contribution in [0, 0.1) is 5.82 Å².